The zero-order valence-electron chi connectivity index (χ0n) is 20.8. The van der Waals surface area contributed by atoms with E-state index >= 15 is 0 Å². The SMILES string of the molecule is CC(C)C(=O)Nc1nc2c(c(C#CCNC(=O)OCc3ccccc3)nn2[C@H]2C[C@H](O)[C@@H](CO)O2)c(=O)[nH]1. The second kappa shape index (κ2) is 11.9. The van der Waals surface area contributed by atoms with Gasteiger partial charge in [-0.1, -0.05) is 50.1 Å². The van der Waals surface area contributed by atoms with Crippen LogP contribution in [0.25, 0.3) is 11.0 Å². The molecule has 1 saturated heterocycles. The lowest BCUT2D eigenvalue weighted by Crippen LogP contribution is -2.24. The Morgan fingerprint density at radius 3 is 2.76 bits per heavy atom. The van der Waals surface area contributed by atoms with Gasteiger partial charge in [0.2, 0.25) is 11.9 Å². The van der Waals surface area contributed by atoms with Crippen LogP contribution < -0.4 is 16.2 Å². The van der Waals surface area contributed by atoms with Crippen LogP contribution in [-0.2, 0) is 20.9 Å². The summed E-state index contributed by atoms with van der Waals surface area (Å²) in [4.78, 5) is 43.9. The van der Waals surface area contributed by atoms with Gasteiger partial charge in [0.05, 0.1) is 19.3 Å². The van der Waals surface area contributed by atoms with Gasteiger partial charge in [0.25, 0.3) is 5.56 Å². The van der Waals surface area contributed by atoms with E-state index in [0.29, 0.717) is 0 Å². The van der Waals surface area contributed by atoms with Crippen molar-refractivity contribution < 1.29 is 29.3 Å². The van der Waals surface area contributed by atoms with Crippen molar-refractivity contribution in [2.45, 2.75) is 45.3 Å². The van der Waals surface area contributed by atoms with Crippen molar-refractivity contribution in [3.8, 4) is 11.8 Å². The van der Waals surface area contributed by atoms with Crippen molar-refractivity contribution in [2.24, 2.45) is 5.92 Å². The predicted molar refractivity (Wildman–Crippen MR) is 135 cm³/mol. The molecule has 13 heteroatoms. The molecule has 3 atom stereocenters. The normalized spacial score (nSPS) is 18.7. The van der Waals surface area contributed by atoms with Crippen LogP contribution in [0.2, 0.25) is 0 Å². The van der Waals surface area contributed by atoms with E-state index in [1.807, 2.05) is 30.3 Å². The van der Waals surface area contributed by atoms with E-state index in [-0.39, 0.29) is 54.1 Å². The minimum Gasteiger partial charge on any atom is -0.445 e. The summed E-state index contributed by atoms with van der Waals surface area (Å²) < 4.78 is 12.1. The van der Waals surface area contributed by atoms with Crippen LogP contribution >= 0.6 is 0 Å². The number of carbonyl (C=O) groups excluding carboxylic acids is 2. The molecule has 3 heterocycles. The van der Waals surface area contributed by atoms with E-state index in [2.05, 4.69) is 37.5 Å². The van der Waals surface area contributed by atoms with Gasteiger partial charge in [0.15, 0.2) is 17.6 Å². The number of aliphatic hydroxyl groups is 2. The molecule has 1 aromatic carbocycles. The Balaban J connectivity index is 1.56. The van der Waals surface area contributed by atoms with Crippen molar-refractivity contribution in [1.82, 2.24) is 25.1 Å². The maximum atomic E-state index is 13.0. The predicted octanol–water partition coefficient (Wildman–Crippen LogP) is 0.633. The Bertz CT molecular complexity index is 1420. The summed E-state index contributed by atoms with van der Waals surface area (Å²) in [5, 5.41) is 29.1. The van der Waals surface area contributed by atoms with Gasteiger partial charge in [-0.2, -0.15) is 10.1 Å². The highest BCUT2D eigenvalue weighted by Crippen LogP contribution is 2.30. The first-order valence-corrected chi connectivity index (χ1v) is 12.0. The van der Waals surface area contributed by atoms with Gasteiger partial charge >= 0.3 is 6.09 Å². The van der Waals surface area contributed by atoms with Gasteiger partial charge in [0, 0.05) is 12.3 Å². The highest BCUT2D eigenvalue weighted by atomic mass is 16.6. The number of anilines is 1. The third kappa shape index (κ3) is 6.17. The van der Waals surface area contributed by atoms with Crippen molar-refractivity contribution in [1.29, 1.82) is 0 Å². The summed E-state index contributed by atoms with van der Waals surface area (Å²) in [6.07, 6.45) is -3.19. The molecule has 0 spiro atoms. The third-order valence-electron chi connectivity index (χ3n) is 5.73. The number of hydrogen-bond acceptors (Lipinski definition) is 9. The molecule has 1 aliphatic rings. The van der Waals surface area contributed by atoms with Crippen LogP contribution in [0.1, 0.15) is 37.8 Å². The first-order valence-electron chi connectivity index (χ1n) is 12.0. The highest BCUT2D eigenvalue weighted by molar-refractivity contribution is 5.91. The molecule has 2 aromatic heterocycles. The molecule has 2 amide bonds. The molecule has 0 bridgehead atoms. The van der Waals surface area contributed by atoms with Crippen LogP contribution in [0.15, 0.2) is 35.1 Å². The van der Waals surface area contributed by atoms with Gasteiger partial charge < -0.3 is 25.0 Å². The molecule has 200 valence electrons. The molecule has 1 aliphatic heterocycles. The van der Waals surface area contributed by atoms with Crippen molar-refractivity contribution in [3.05, 3.63) is 51.9 Å². The van der Waals surface area contributed by atoms with Gasteiger partial charge in [0.1, 0.15) is 18.1 Å². The molecule has 4 rings (SSSR count). The number of hydrogen-bond donors (Lipinski definition) is 5. The van der Waals surface area contributed by atoms with Crippen molar-refractivity contribution in [3.63, 3.8) is 0 Å². The van der Waals surface area contributed by atoms with E-state index in [1.54, 1.807) is 13.8 Å². The lowest BCUT2D eigenvalue weighted by Gasteiger charge is -2.13. The quantitative estimate of drug-likeness (QED) is 0.277. The number of alkyl carbamates (subject to hydrolysis) is 1. The Morgan fingerprint density at radius 2 is 2.08 bits per heavy atom. The smallest absolute Gasteiger partial charge is 0.408 e. The number of rotatable bonds is 7. The fourth-order valence-electron chi connectivity index (χ4n) is 3.70. The fraction of sp³-hybridized carbons (Fsp3) is 0.400. The van der Waals surface area contributed by atoms with Crippen molar-refractivity contribution in [2.75, 3.05) is 18.5 Å². The largest absolute Gasteiger partial charge is 0.445 e. The summed E-state index contributed by atoms with van der Waals surface area (Å²) in [6, 6.07) is 9.19. The number of aromatic nitrogens is 4. The lowest BCUT2D eigenvalue weighted by molar-refractivity contribution is -0.118. The monoisotopic (exact) mass is 524 g/mol. The summed E-state index contributed by atoms with van der Waals surface area (Å²) in [6.45, 7) is 3.00. The molecule has 3 aromatic rings. The van der Waals surface area contributed by atoms with Crippen molar-refractivity contribution >= 4 is 29.0 Å². The number of aliphatic hydroxyl groups excluding tert-OH is 2. The Kier molecular flexibility index (Phi) is 8.37. The Morgan fingerprint density at radius 1 is 1.32 bits per heavy atom. The van der Waals surface area contributed by atoms with E-state index < -0.39 is 36.7 Å². The van der Waals surface area contributed by atoms with E-state index in [1.165, 1.54) is 4.68 Å². The standard InChI is InChI=1S/C25H28N6O7/c1-14(2)22(34)28-24-27-21-20(23(35)29-24)16(30-31(21)19-11-17(33)18(12-32)38-19)9-6-10-26-25(36)37-13-15-7-4-3-5-8-15/h3-5,7-8,14,17-19,32-33H,10-13H2,1-2H3,(H,26,36)(H2,27,28,29,34,35)/t17-,18+,19+/m0/s1. The Labute approximate surface area is 217 Å². The van der Waals surface area contributed by atoms with E-state index in [4.69, 9.17) is 9.47 Å². The number of benzene rings is 1. The molecule has 0 aliphatic carbocycles. The van der Waals surface area contributed by atoms with Gasteiger partial charge in [-0.05, 0) is 11.5 Å². The number of nitrogens with one attached hydrogen (secondary N) is 3. The molecular formula is C25H28N6O7. The van der Waals surface area contributed by atoms with Gasteiger partial charge in [-0.15, -0.1) is 0 Å². The third-order valence-corrected chi connectivity index (χ3v) is 5.73. The number of aromatic amines is 1. The zero-order valence-corrected chi connectivity index (χ0v) is 20.8. The van der Waals surface area contributed by atoms with E-state index in [0.717, 1.165) is 5.56 Å². The second-order valence-electron chi connectivity index (χ2n) is 8.88. The van der Waals surface area contributed by atoms with E-state index in [9.17, 15) is 24.6 Å². The molecule has 0 radical (unpaired) electrons. The maximum Gasteiger partial charge on any atom is 0.408 e. The minimum atomic E-state index is -0.952. The molecular weight excluding hydrogens is 496 g/mol. The summed E-state index contributed by atoms with van der Waals surface area (Å²) in [5.41, 5.74) is 0.366. The number of H-pyrrole nitrogens is 1. The van der Waals surface area contributed by atoms with Gasteiger partial charge in [-0.3, -0.25) is 19.9 Å². The molecule has 5 N–H and O–H groups in total. The van der Waals surface area contributed by atoms with Crippen LogP contribution in [0.5, 0.6) is 0 Å². The van der Waals surface area contributed by atoms with Crippen LogP contribution in [-0.4, -0.2) is 67.3 Å². The summed E-state index contributed by atoms with van der Waals surface area (Å²) >= 11 is 0. The first kappa shape index (κ1) is 26.8. The number of nitrogens with zero attached hydrogens (tertiary/aromatic N) is 3. The maximum absolute atomic E-state index is 13.0. The molecule has 1 fully saturated rings. The fourth-order valence-corrected chi connectivity index (χ4v) is 3.70. The topological polar surface area (TPSA) is 181 Å². The number of fused-ring (bicyclic) bond motifs is 1. The minimum absolute atomic E-state index is 0.0391. The second-order valence-corrected chi connectivity index (χ2v) is 8.88. The number of ether oxygens (including phenoxy) is 2. The molecule has 13 nitrogen and oxygen atoms in total. The number of carbonyl (C=O) groups is 2. The number of amides is 2. The van der Waals surface area contributed by atoms with Crippen LogP contribution in [0, 0.1) is 17.8 Å². The van der Waals surface area contributed by atoms with Crippen LogP contribution in [0.4, 0.5) is 10.7 Å². The van der Waals surface area contributed by atoms with Crippen LogP contribution in [0.3, 0.4) is 0 Å². The average molecular weight is 525 g/mol. The summed E-state index contributed by atoms with van der Waals surface area (Å²) in [5.74, 6) is 4.69. The van der Waals surface area contributed by atoms with Gasteiger partial charge in [-0.25, -0.2) is 9.48 Å². The molecule has 38 heavy (non-hydrogen) atoms. The highest BCUT2D eigenvalue weighted by Gasteiger charge is 2.36. The zero-order chi connectivity index (χ0) is 27.2. The molecule has 0 saturated carbocycles. The average Bonchev–Trinajstić information content (AvgIpc) is 3.46. The summed E-state index contributed by atoms with van der Waals surface area (Å²) in [7, 11) is 0. The first-order chi connectivity index (χ1) is 18.3. The molecule has 0 unspecified atom stereocenters. The Hall–Kier alpha value is -4.25. The lowest BCUT2D eigenvalue weighted by atomic mass is 10.2.